The highest BCUT2D eigenvalue weighted by atomic mass is 19.3. The number of alkyl halides is 2. The van der Waals surface area contributed by atoms with E-state index in [4.69, 9.17) is 0 Å². The Kier molecular flexibility index (Phi) is 3.54. The lowest BCUT2D eigenvalue weighted by Gasteiger charge is -2.38. The zero-order valence-electron chi connectivity index (χ0n) is 12.6. The van der Waals surface area contributed by atoms with Crippen LogP contribution in [0.2, 0.25) is 0 Å². The highest BCUT2D eigenvalue weighted by Gasteiger charge is 2.72. The molecule has 124 valence electrons. The maximum atomic E-state index is 13.7. The molecule has 1 saturated heterocycles. The van der Waals surface area contributed by atoms with Crippen molar-refractivity contribution in [2.75, 3.05) is 13.7 Å². The standard InChI is InChI=1S/C16H17F2NO4/c1-23-13(20)11-4-2-10(3-5-11)12-8-15(9-16(15,17)18)6-7-19(12)14(21)22/h2-5,12H,6-9H2,1H3,(H,21,22)/t12-,15-/m0/s1. The van der Waals surface area contributed by atoms with Crippen molar-refractivity contribution < 1.29 is 28.2 Å². The van der Waals surface area contributed by atoms with Crippen LogP contribution in [0, 0.1) is 5.41 Å². The quantitative estimate of drug-likeness (QED) is 0.847. The molecule has 1 aliphatic carbocycles. The number of hydrogen-bond donors (Lipinski definition) is 1. The summed E-state index contributed by atoms with van der Waals surface area (Å²) in [5, 5.41) is 9.34. The number of halogens is 2. The summed E-state index contributed by atoms with van der Waals surface area (Å²) in [6.45, 7) is 0.0916. The van der Waals surface area contributed by atoms with Crippen LogP contribution in [0.15, 0.2) is 24.3 Å². The fourth-order valence-electron chi connectivity index (χ4n) is 3.43. The molecule has 1 aliphatic heterocycles. The molecule has 0 radical (unpaired) electrons. The third kappa shape index (κ3) is 2.54. The van der Waals surface area contributed by atoms with Crippen LogP contribution in [0.5, 0.6) is 0 Å². The van der Waals surface area contributed by atoms with E-state index in [9.17, 15) is 23.5 Å². The number of nitrogens with zero attached hydrogens (tertiary/aromatic N) is 1. The number of rotatable bonds is 2. The van der Waals surface area contributed by atoms with Crippen molar-refractivity contribution in [3.05, 3.63) is 35.4 Å². The van der Waals surface area contributed by atoms with E-state index in [0.717, 1.165) is 0 Å². The Balaban J connectivity index is 1.87. The Morgan fingerprint density at radius 1 is 1.30 bits per heavy atom. The Labute approximate surface area is 131 Å². The van der Waals surface area contributed by atoms with Gasteiger partial charge in [-0.3, -0.25) is 0 Å². The summed E-state index contributed by atoms with van der Waals surface area (Å²) in [6, 6.07) is 5.63. The minimum Gasteiger partial charge on any atom is -0.465 e. The number of benzene rings is 1. The number of carbonyl (C=O) groups is 2. The summed E-state index contributed by atoms with van der Waals surface area (Å²) in [7, 11) is 1.27. The first-order chi connectivity index (χ1) is 10.8. The van der Waals surface area contributed by atoms with Gasteiger partial charge in [0.15, 0.2) is 0 Å². The second-order valence-corrected chi connectivity index (χ2v) is 6.22. The molecule has 2 atom stereocenters. The Hall–Kier alpha value is -2.18. The van der Waals surface area contributed by atoms with E-state index in [0.29, 0.717) is 11.1 Å². The number of ether oxygens (including phenoxy) is 1. The summed E-state index contributed by atoms with van der Waals surface area (Å²) in [6.07, 6.45) is -1.01. The molecule has 0 aromatic heterocycles. The van der Waals surface area contributed by atoms with Gasteiger partial charge in [-0.2, -0.15) is 0 Å². The molecule has 0 unspecified atom stereocenters. The summed E-state index contributed by atoms with van der Waals surface area (Å²) in [5.74, 6) is -3.21. The number of likely N-dealkylation sites (tertiary alicyclic amines) is 1. The topological polar surface area (TPSA) is 66.8 Å². The zero-order chi connectivity index (χ0) is 16.8. The molecule has 1 spiro atoms. The lowest BCUT2D eigenvalue weighted by molar-refractivity contribution is 0.0122. The van der Waals surface area contributed by atoms with Crippen molar-refractivity contribution in [3.8, 4) is 0 Å². The van der Waals surface area contributed by atoms with Crippen LogP contribution in [0.1, 0.15) is 41.2 Å². The van der Waals surface area contributed by atoms with Crippen molar-refractivity contribution >= 4 is 12.1 Å². The molecule has 7 heteroatoms. The maximum absolute atomic E-state index is 13.7. The Bertz CT molecular complexity index is 646. The molecule has 23 heavy (non-hydrogen) atoms. The second-order valence-electron chi connectivity index (χ2n) is 6.22. The normalized spacial score (nSPS) is 28.5. The molecule has 1 heterocycles. The smallest absolute Gasteiger partial charge is 0.407 e. The highest BCUT2D eigenvalue weighted by molar-refractivity contribution is 5.89. The summed E-state index contributed by atoms with van der Waals surface area (Å²) in [5.41, 5.74) is -0.132. The maximum Gasteiger partial charge on any atom is 0.407 e. The SMILES string of the molecule is COC(=O)c1ccc([C@@H]2C[C@@]3(CCN2C(=O)O)CC3(F)F)cc1. The van der Waals surface area contributed by atoms with E-state index < -0.39 is 29.4 Å². The molecular weight excluding hydrogens is 308 g/mol. The minimum absolute atomic E-state index is 0.0916. The van der Waals surface area contributed by atoms with Crippen LogP contribution in [0.3, 0.4) is 0 Å². The minimum atomic E-state index is -2.71. The van der Waals surface area contributed by atoms with Gasteiger partial charge in [0.2, 0.25) is 0 Å². The van der Waals surface area contributed by atoms with Crippen LogP contribution in [0.4, 0.5) is 13.6 Å². The van der Waals surface area contributed by atoms with Crippen molar-refractivity contribution in [2.24, 2.45) is 5.41 Å². The van der Waals surface area contributed by atoms with Gasteiger partial charge in [-0.05, 0) is 30.5 Å². The predicted molar refractivity (Wildman–Crippen MR) is 76.5 cm³/mol. The van der Waals surface area contributed by atoms with Crippen LogP contribution < -0.4 is 0 Å². The molecule has 5 nitrogen and oxygen atoms in total. The molecule has 0 bridgehead atoms. The molecule has 1 aromatic rings. The first-order valence-electron chi connectivity index (χ1n) is 7.35. The fraction of sp³-hybridized carbons (Fsp3) is 0.500. The van der Waals surface area contributed by atoms with Gasteiger partial charge >= 0.3 is 12.1 Å². The van der Waals surface area contributed by atoms with Gasteiger partial charge in [-0.15, -0.1) is 0 Å². The number of amides is 1. The average molecular weight is 325 g/mol. The highest BCUT2D eigenvalue weighted by Crippen LogP contribution is 2.68. The number of esters is 1. The summed E-state index contributed by atoms with van der Waals surface area (Å²) in [4.78, 5) is 24.1. The number of methoxy groups -OCH3 is 1. The van der Waals surface area contributed by atoms with Gasteiger partial charge in [0.25, 0.3) is 5.92 Å². The van der Waals surface area contributed by atoms with E-state index >= 15 is 0 Å². The molecule has 2 fully saturated rings. The lowest BCUT2D eigenvalue weighted by Crippen LogP contribution is -2.42. The van der Waals surface area contributed by atoms with Crippen LogP contribution in [-0.4, -0.2) is 41.6 Å². The lowest BCUT2D eigenvalue weighted by atomic mass is 9.84. The number of carboxylic acid groups (broad SMARTS) is 1. The molecule has 1 aromatic carbocycles. The second kappa shape index (κ2) is 5.18. The van der Waals surface area contributed by atoms with Crippen molar-refractivity contribution in [1.29, 1.82) is 0 Å². The van der Waals surface area contributed by atoms with E-state index in [1.807, 2.05) is 0 Å². The van der Waals surface area contributed by atoms with Gasteiger partial charge in [0.05, 0.1) is 18.7 Å². The zero-order valence-corrected chi connectivity index (χ0v) is 12.6. The largest absolute Gasteiger partial charge is 0.465 e. The van der Waals surface area contributed by atoms with E-state index in [2.05, 4.69) is 4.74 Å². The monoisotopic (exact) mass is 325 g/mol. The van der Waals surface area contributed by atoms with E-state index in [1.165, 1.54) is 24.1 Å². The molecule has 3 rings (SSSR count). The van der Waals surface area contributed by atoms with Gasteiger partial charge in [-0.1, -0.05) is 12.1 Å². The number of carbonyl (C=O) groups excluding carboxylic acids is 1. The van der Waals surface area contributed by atoms with E-state index in [1.54, 1.807) is 12.1 Å². The molecule has 2 aliphatic rings. The summed E-state index contributed by atoms with van der Waals surface area (Å²) < 4.78 is 32.0. The molecule has 1 amide bonds. The van der Waals surface area contributed by atoms with Crippen LogP contribution in [0.25, 0.3) is 0 Å². The Morgan fingerprint density at radius 2 is 1.91 bits per heavy atom. The van der Waals surface area contributed by atoms with Crippen LogP contribution in [-0.2, 0) is 4.74 Å². The van der Waals surface area contributed by atoms with Crippen molar-refractivity contribution in [1.82, 2.24) is 4.90 Å². The molecule has 1 N–H and O–H groups in total. The van der Waals surface area contributed by atoms with Gasteiger partial charge < -0.3 is 14.7 Å². The van der Waals surface area contributed by atoms with Gasteiger partial charge in [0.1, 0.15) is 0 Å². The third-order valence-electron chi connectivity index (χ3n) is 4.97. The van der Waals surface area contributed by atoms with Gasteiger partial charge in [-0.25, -0.2) is 18.4 Å². The first kappa shape index (κ1) is 15.7. The van der Waals surface area contributed by atoms with Crippen LogP contribution >= 0.6 is 0 Å². The average Bonchev–Trinajstić information content (AvgIpc) is 3.05. The Morgan fingerprint density at radius 3 is 2.39 bits per heavy atom. The number of piperidine rings is 1. The van der Waals surface area contributed by atoms with Crippen molar-refractivity contribution in [3.63, 3.8) is 0 Å². The molecular formula is C16H17F2NO4. The number of hydrogen-bond acceptors (Lipinski definition) is 3. The van der Waals surface area contributed by atoms with Crippen molar-refractivity contribution in [2.45, 2.75) is 31.2 Å². The first-order valence-corrected chi connectivity index (χ1v) is 7.35. The molecule has 1 saturated carbocycles. The van der Waals surface area contributed by atoms with Gasteiger partial charge in [0, 0.05) is 18.4 Å². The predicted octanol–water partition coefficient (Wildman–Crippen LogP) is 3.31. The third-order valence-corrected chi connectivity index (χ3v) is 4.97. The van der Waals surface area contributed by atoms with E-state index in [-0.39, 0.29) is 25.8 Å². The fourth-order valence-corrected chi connectivity index (χ4v) is 3.43. The summed E-state index contributed by atoms with van der Waals surface area (Å²) >= 11 is 0.